The Bertz CT molecular complexity index is 688. The Labute approximate surface area is 146 Å². The van der Waals surface area contributed by atoms with Gasteiger partial charge in [-0.25, -0.2) is 0 Å². The van der Waals surface area contributed by atoms with E-state index in [0.29, 0.717) is 43.3 Å². The number of carbonyl (C=O) groups excluding carboxylic acids is 3. The molecule has 7 nitrogen and oxygen atoms in total. The summed E-state index contributed by atoms with van der Waals surface area (Å²) >= 11 is 0. The van der Waals surface area contributed by atoms with Crippen LogP contribution in [0.2, 0.25) is 0 Å². The zero-order valence-corrected chi connectivity index (χ0v) is 14.2. The first-order valence-corrected chi connectivity index (χ1v) is 8.61. The highest BCUT2D eigenvalue weighted by atomic mass is 16.5. The van der Waals surface area contributed by atoms with Gasteiger partial charge in [0.25, 0.3) is 5.91 Å². The minimum Gasteiger partial charge on any atom is -0.491 e. The van der Waals surface area contributed by atoms with Crippen LogP contribution >= 0.6 is 0 Å². The summed E-state index contributed by atoms with van der Waals surface area (Å²) in [5.74, 6) is -0.256. The van der Waals surface area contributed by atoms with Crippen molar-refractivity contribution in [3.63, 3.8) is 0 Å². The number of hydrogen-bond acceptors (Lipinski definition) is 5. The normalized spacial score (nSPS) is 20.0. The van der Waals surface area contributed by atoms with E-state index in [9.17, 15) is 14.4 Å². The maximum atomic E-state index is 12.8. The summed E-state index contributed by atoms with van der Waals surface area (Å²) in [4.78, 5) is 38.1. The second-order valence-electron chi connectivity index (χ2n) is 6.20. The Hall–Kier alpha value is -2.57. The molecule has 7 heteroatoms. The monoisotopic (exact) mass is 346 g/mol. The van der Waals surface area contributed by atoms with E-state index in [1.165, 1.54) is 0 Å². The van der Waals surface area contributed by atoms with Crippen LogP contribution in [0.4, 0.5) is 5.69 Å². The number of amides is 2. The second-order valence-corrected chi connectivity index (χ2v) is 6.20. The number of ether oxygens (including phenoxy) is 2. The van der Waals surface area contributed by atoms with E-state index in [0.717, 1.165) is 12.8 Å². The number of piperidine rings is 1. The van der Waals surface area contributed by atoms with Gasteiger partial charge in [-0.15, -0.1) is 0 Å². The smallest absolute Gasteiger partial charge is 0.310 e. The molecule has 1 fully saturated rings. The Kier molecular flexibility index (Phi) is 5.21. The number of likely N-dealkylation sites (tertiary alicyclic amines) is 1. The van der Waals surface area contributed by atoms with Crippen molar-refractivity contribution in [2.75, 3.05) is 31.6 Å². The highest BCUT2D eigenvalue weighted by molar-refractivity contribution is 5.99. The molecule has 1 aromatic rings. The topological polar surface area (TPSA) is 84.9 Å². The van der Waals surface area contributed by atoms with E-state index in [-0.39, 0.29) is 30.1 Å². The lowest BCUT2D eigenvalue weighted by atomic mass is 9.97. The summed E-state index contributed by atoms with van der Waals surface area (Å²) in [7, 11) is 0. The van der Waals surface area contributed by atoms with Gasteiger partial charge in [-0.1, -0.05) is 0 Å². The van der Waals surface area contributed by atoms with Gasteiger partial charge in [0, 0.05) is 18.7 Å². The van der Waals surface area contributed by atoms with Crippen molar-refractivity contribution in [1.29, 1.82) is 0 Å². The lowest BCUT2D eigenvalue weighted by Gasteiger charge is -2.31. The average molecular weight is 346 g/mol. The number of esters is 1. The van der Waals surface area contributed by atoms with Crippen LogP contribution in [0, 0.1) is 5.92 Å². The number of nitrogens with one attached hydrogen (secondary N) is 1. The van der Waals surface area contributed by atoms with Crippen LogP contribution in [0.3, 0.4) is 0 Å². The van der Waals surface area contributed by atoms with Crippen molar-refractivity contribution < 1.29 is 23.9 Å². The Morgan fingerprint density at radius 1 is 1.40 bits per heavy atom. The van der Waals surface area contributed by atoms with Gasteiger partial charge in [0.05, 0.1) is 31.2 Å². The number of fused-ring (bicyclic) bond motifs is 1. The van der Waals surface area contributed by atoms with E-state index in [4.69, 9.17) is 9.47 Å². The van der Waals surface area contributed by atoms with Gasteiger partial charge in [-0.3, -0.25) is 14.4 Å². The predicted molar refractivity (Wildman–Crippen MR) is 90.4 cm³/mol. The van der Waals surface area contributed by atoms with Gasteiger partial charge in [0.1, 0.15) is 5.75 Å². The lowest BCUT2D eigenvalue weighted by molar-refractivity contribution is -0.149. The molecule has 1 N–H and O–H groups in total. The van der Waals surface area contributed by atoms with Crippen molar-refractivity contribution >= 4 is 23.5 Å². The minimum atomic E-state index is -0.276. The van der Waals surface area contributed by atoms with Gasteiger partial charge in [0.2, 0.25) is 5.91 Å². The molecule has 2 aliphatic rings. The third kappa shape index (κ3) is 3.92. The van der Waals surface area contributed by atoms with E-state index in [2.05, 4.69) is 5.32 Å². The summed E-state index contributed by atoms with van der Waals surface area (Å²) < 4.78 is 10.6. The molecular formula is C18H22N2O5. The van der Waals surface area contributed by atoms with Crippen molar-refractivity contribution in [2.24, 2.45) is 5.92 Å². The number of anilines is 1. The quantitative estimate of drug-likeness (QED) is 0.844. The van der Waals surface area contributed by atoms with Crippen LogP contribution in [0.5, 0.6) is 5.75 Å². The van der Waals surface area contributed by atoms with Gasteiger partial charge in [0.15, 0.2) is 0 Å². The maximum Gasteiger partial charge on any atom is 0.310 e. The van der Waals surface area contributed by atoms with Gasteiger partial charge in [-0.2, -0.15) is 0 Å². The third-order valence-electron chi connectivity index (χ3n) is 4.42. The number of carbonyl (C=O) groups is 3. The summed E-state index contributed by atoms with van der Waals surface area (Å²) in [6.45, 7) is 3.40. The highest BCUT2D eigenvalue weighted by Crippen LogP contribution is 2.29. The van der Waals surface area contributed by atoms with Crippen molar-refractivity contribution in [3.05, 3.63) is 23.8 Å². The molecule has 3 rings (SSSR count). The molecule has 0 aliphatic carbocycles. The van der Waals surface area contributed by atoms with Crippen molar-refractivity contribution in [2.45, 2.75) is 26.2 Å². The molecule has 1 atom stereocenters. The van der Waals surface area contributed by atoms with Gasteiger partial charge >= 0.3 is 5.97 Å². The number of benzene rings is 1. The Balaban J connectivity index is 1.74. The fraction of sp³-hybridized carbons (Fsp3) is 0.500. The first-order valence-electron chi connectivity index (χ1n) is 8.61. The molecular weight excluding hydrogens is 324 g/mol. The summed E-state index contributed by atoms with van der Waals surface area (Å²) in [5, 5.41) is 2.76. The molecule has 0 radical (unpaired) electrons. The van der Waals surface area contributed by atoms with Gasteiger partial charge in [-0.05, 0) is 38.0 Å². The van der Waals surface area contributed by atoms with Crippen LogP contribution in [0.1, 0.15) is 36.5 Å². The molecule has 2 aliphatic heterocycles. The van der Waals surface area contributed by atoms with E-state index >= 15 is 0 Å². The number of rotatable bonds is 3. The van der Waals surface area contributed by atoms with Gasteiger partial charge < -0.3 is 19.7 Å². The van der Waals surface area contributed by atoms with E-state index < -0.39 is 0 Å². The fourth-order valence-corrected chi connectivity index (χ4v) is 3.15. The first kappa shape index (κ1) is 17.3. The van der Waals surface area contributed by atoms with Crippen molar-refractivity contribution in [3.8, 4) is 5.75 Å². The third-order valence-corrected chi connectivity index (χ3v) is 4.42. The van der Waals surface area contributed by atoms with E-state index in [1.807, 2.05) is 0 Å². The first-order chi connectivity index (χ1) is 12.1. The molecule has 2 amide bonds. The molecule has 0 bridgehead atoms. The summed E-state index contributed by atoms with van der Waals surface area (Å²) in [6, 6.07) is 5.02. The zero-order chi connectivity index (χ0) is 17.8. The Morgan fingerprint density at radius 3 is 3.04 bits per heavy atom. The molecule has 0 aromatic heterocycles. The fourth-order valence-electron chi connectivity index (χ4n) is 3.15. The van der Waals surface area contributed by atoms with Crippen LogP contribution in [0.25, 0.3) is 0 Å². The molecule has 2 heterocycles. The second kappa shape index (κ2) is 7.55. The molecule has 134 valence electrons. The lowest BCUT2D eigenvalue weighted by Crippen LogP contribution is -2.42. The molecule has 0 saturated carbocycles. The number of nitrogens with zero attached hydrogens (tertiary/aromatic N) is 1. The summed E-state index contributed by atoms with van der Waals surface area (Å²) in [5.41, 5.74) is 0.973. The average Bonchev–Trinajstić information content (AvgIpc) is 2.81. The molecule has 25 heavy (non-hydrogen) atoms. The molecule has 0 spiro atoms. The van der Waals surface area contributed by atoms with Crippen molar-refractivity contribution in [1.82, 2.24) is 4.90 Å². The van der Waals surface area contributed by atoms with Crippen LogP contribution in [-0.2, 0) is 14.3 Å². The minimum absolute atomic E-state index is 0.135. The van der Waals surface area contributed by atoms with E-state index in [1.54, 1.807) is 30.0 Å². The zero-order valence-electron chi connectivity index (χ0n) is 14.2. The molecule has 1 saturated heterocycles. The van der Waals surface area contributed by atoms with Crippen LogP contribution in [-0.4, -0.2) is 49.0 Å². The molecule has 1 aromatic carbocycles. The Morgan fingerprint density at radius 2 is 2.24 bits per heavy atom. The highest BCUT2D eigenvalue weighted by Gasteiger charge is 2.30. The summed E-state index contributed by atoms with van der Waals surface area (Å²) in [6.07, 6.45) is 1.78. The predicted octanol–water partition coefficient (Wildman–Crippen LogP) is 1.82. The van der Waals surface area contributed by atoms with Crippen LogP contribution < -0.4 is 10.1 Å². The molecule has 1 unspecified atom stereocenters. The van der Waals surface area contributed by atoms with Crippen LogP contribution in [0.15, 0.2) is 18.2 Å². The standard InChI is InChI=1S/C18H22N2O5/c1-2-24-18(23)13-4-3-8-20(11-13)17(22)12-5-6-15-14(10-12)19-16(21)7-9-25-15/h5-6,10,13H,2-4,7-9,11H2,1H3,(H,19,21). The largest absolute Gasteiger partial charge is 0.491 e. The maximum absolute atomic E-state index is 12.8. The SMILES string of the molecule is CCOC(=O)C1CCCN(C(=O)c2ccc3c(c2)NC(=O)CCO3)C1. The number of hydrogen-bond donors (Lipinski definition) is 1.